The van der Waals surface area contributed by atoms with E-state index in [0.717, 1.165) is 27.3 Å². The molecule has 5 aromatic rings. The molecule has 0 saturated carbocycles. The molecule has 1 N–H and O–H groups in total. The lowest BCUT2D eigenvalue weighted by Gasteiger charge is -2.07. The third kappa shape index (κ3) is 3.21. The van der Waals surface area contributed by atoms with Crippen LogP contribution in [0.1, 0.15) is 11.1 Å². The number of fused-ring (bicyclic) bond motifs is 1. The monoisotopic (exact) mass is 413 g/mol. The number of aromatic amines is 1. The molecule has 0 amide bonds. The van der Waals surface area contributed by atoms with E-state index in [1.807, 2.05) is 48.7 Å². The highest BCUT2D eigenvalue weighted by Crippen LogP contribution is 2.34. The van der Waals surface area contributed by atoms with Crippen LogP contribution in [0.3, 0.4) is 0 Å². The Bertz CT molecular complexity index is 1380. The van der Waals surface area contributed by atoms with Crippen molar-refractivity contribution in [3.05, 3.63) is 99.9 Å². The second kappa shape index (κ2) is 7.65. The minimum absolute atomic E-state index is 0.100. The number of thiophene rings is 1. The van der Waals surface area contributed by atoms with E-state index in [1.54, 1.807) is 24.6 Å². The molecule has 6 heteroatoms. The van der Waals surface area contributed by atoms with Gasteiger partial charge in [0.2, 0.25) is 0 Å². The second-order valence-electron chi connectivity index (χ2n) is 6.99. The minimum Gasteiger partial charge on any atom is -0.496 e. The number of benzene rings is 2. The van der Waals surface area contributed by atoms with Crippen LogP contribution in [0.2, 0.25) is 0 Å². The molecule has 0 aliphatic heterocycles. The number of H-pyrrole nitrogens is 1. The number of ether oxygens (including phenoxy) is 1. The maximum Gasteiger partial charge on any atom is 0.276 e. The molecule has 0 unspecified atom stereocenters. The van der Waals surface area contributed by atoms with Gasteiger partial charge in [0.05, 0.1) is 12.7 Å². The van der Waals surface area contributed by atoms with Crippen molar-refractivity contribution in [1.82, 2.24) is 14.6 Å². The van der Waals surface area contributed by atoms with Crippen LogP contribution < -0.4 is 10.3 Å². The fraction of sp³-hybridized carbons (Fsp3) is 0.0833. The second-order valence-corrected chi connectivity index (χ2v) is 7.90. The Morgan fingerprint density at radius 1 is 1.03 bits per heavy atom. The third-order valence-corrected chi connectivity index (χ3v) is 6.12. The highest BCUT2D eigenvalue weighted by Gasteiger charge is 2.15. The van der Waals surface area contributed by atoms with E-state index < -0.39 is 0 Å². The van der Waals surface area contributed by atoms with E-state index in [1.165, 1.54) is 10.1 Å². The molecule has 0 atom stereocenters. The van der Waals surface area contributed by atoms with Crippen molar-refractivity contribution >= 4 is 17.0 Å². The summed E-state index contributed by atoms with van der Waals surface area (Å²) in [6.45, 7) is 0. The Labute approximate surface area is 177 Å². The molecule has 0 bridgehead atoms. The van der Waals surface area contributed by atoms with Gasteiger partial charge in [-0.15, -0.1) is 11.3 Å². The third-order valence-electron chi connectivity index (χ3n) is 5.16. The molecule has 3 heterocycles. The first-order valence-corrected chi connectivity index (χ1v) is 10.5. The smallest absolute Gasteiger partial charge is 0.276 e. The van der Waals surface area contributed by atoms with Crippen molar-refractivity contribution < 1.29 is 4.74 Å². The van der Waals surface area contributed by atoms with Gasteiger partial charge < -0.3 is 4.74 Å². The van der Waals surface area contributed by atoms with Crippen LogP contribution >= 0.6 is 11.3 Å². The first-order chi connectivity index (χ1) is 14.7. The fourth-order valence-electron chi connectivity index (χ4n) is 3.61. The molecule has 0 aliphatic rings. The lowest BCUT2D eigenvalue weighted by atomic mass is 10.1. The lowest BCUT2D eigenvalue weighted by Crippen LogP contribution is -2.20. The average molecular weight is 414 g/mol. The van der Waals surface area contributed by atoms with E-state index in [9.17, 15) is 4.79 Å². The van der Waals surface area contributed by atoms with Gasteiger partial charge in [-0.05, 0) is 34.2 Å². The van der Waals surface area contributed by atoms with Gasteiger partial charge in [0.25, 0.3) is 5.56 Å². The number of methoxy groups -OCH3 is 1. The topological polar surface area (TPSA) is 59.4 Å². The van der Waals surface area contributed by atoms with Gasteiger partial charge in [0.1, 0.15) is 5.75 Å². The van der Waals surface area contributed by atoms with Crippen molar-refractivity contribution in [2.75, 3.05) is 7.11 Å². The van der Waals surface area contributed by atoms with E-state index in [-0.39, 0.29) is 5.56 Å². The van der Waals surface area contributed by atoms with Gasteiger partial charge in [-0.2, -0.15) is 0 Å². The quantitative estimate of drug-likeness (QED) is 0.440. The SMILES string of the molecule is COc1ccccc1Cc1cnc2c(-c3cc(-c4ccccc4)cs3)c[nH]n2c1=O. The summed E-state index contributed by atoms with van der Waals surface area (Å²) in [6.07, 6.45) is 3.98. The summed E-state index contributed by atoms with van der Waals surface area (Å²) in [5.74, 6) is 0.765. The van der Waals surface area contributed by atoms with Crippen molar-refractivity contribution in [3.63, 3.8) is 0 Å². The van der Waals surface area contributed by atoms with E-state index in [0.29, 0.717) is 17.6 Å². The first-order valence-electron chi connectivity index (χ1n) is 9.59. The number of nitrogens with one attached hydrogen (secondary N) is 1. The van der Waals surface area contributed by atoms with Crippen LogP contribution in [0.15, 0.2) is 83.2 Å². The van der Waals surface area contributed by atoms with Crippen molar-refractivity contribution in [2.24, 2.45) is 0 Å². The molecule has 0 fully saturated rings. The lowest BCUT2D eigenvalue weighted by molar-refractivity contribution is 0.410. The number of hydrogen-bond acceptors (Lipinski definition) is 4. The molecule has 30 heavy (non-hydrogen) atoms. The Balaban J connectivity index is 1.52. The fourth-order valence-corrected chi connectivity index (χ4v) is 4.54. The molecule has 0 spiro atoms. The van der Waals surface area contributed by atoms with Crippen molar-refractivity contribution in [1.29, 1.82) is 0 Å². The summed E-state index contributed by atoms with van der Waals surface area (Å²) in [6, 6.07) is 20.1. The van der Waals surface area contributed by atoms with Crippen LogP contribution in [-0.2, 0) is 6.42 Å². The summed E-state index contributed by atoms with van der Waals surface area (Å²) in [4.78, 5) is 18.7. The highest BCUT2D eigenvalue weighted by atomic mass is 32.1. The van der Waals surface area contributed by atoms with Gasteiger partial charge in [-0.3, -0.25) is 9.89 Å². The van der Waals surface area contributed by atoms with Gasteiger partial charge in [0.15, 0.2) is 5.65 Å². The maximum atomic E-state index is 13.1. The summed E-state index contributed by atoms with van der Waals surface area (Å²) >= 11 is 1.64. The van der Waals surface area contributed by atoms with E-state index in [4.69, 9.17) is 4.74 Å². The summed E-state index contributed by atoms with van der Waals surface area (Å²) in [5.41, 5.74) is 5.34. The number of para-hydroxylation sites is 1. The Morgan fingerprint density at radius 3 is 2.67 bits per heavy atom. The van der Waals surface area contributed by atoms with E-state index in [2.05, 4.69) is 33.7 Å². The molecule has 0 saturated heterocycles. The normalized spacial score (nSPS) is 11.1. The van der Waals surface area contributed by atoms with Crippen LogP contribution in [0.4, 0.5) is 0 Å². The van der Waals surface area contributed by atoms with Gasteiger partial charge in [-0.1, -0.05) is 48.5 Å². The average Bonchev–Trinajstić information content (AvgIpc) is 3.44. The highest BCUT2D eigenvalue weighted by molar-refractivity contribution is 7.14. The largest absolute Gasteiger partial charge is 0.496 e. The number of nitrogens with zero attached hydrogens (tertiary/aromatic N) is 2. The molecule has 5 nitrogen and oxygen atoms in total. The van der Waals surface area contributed by atoms with Crippen LogP contribution in [0.5, 0.6) is 5.75 Å². The summed E-state index contributed by atoms with van der Waals surface area (Å²) < 4.78 is 6.93. The van der Waals surface area contributed by atoms with Crippen LogP contribution in [0, 0.1) is 0 Å². The summed E-state index contributed by atoms with van der Waals surface area (Å²) in [5, 5.41) is 5.20. The van der Waals surface area contributed by atoms with Crippen molar-refractivity contribution in [3.8, 4) is 27.3 Å². The molecule has 0 radical (unpaired) electrons. The molecular weight excluding hydrogens is 394 g/mol. The predicted octanol–water partition coefficient (Wildman–Crippen LogP) is 5.02. The molecule has 3 aromatic heterocycles. The molecule has 2 aromatic carbocycles. The standard InChI is InChI=1S/C24H19N3O2S/c1-29-21-10-6-5-9-17(21)11-18-13-25-23-20(14-26-27(23)24(18)28)22-12-19(15-30-22)16-7-3-2-4-8-16/h2-10,12-15,26H,11H2,1H3. The van der Waals surface area contributed by atoms with Gasteiger partial charge >= 0.3 is 0 Å². The summed E-state index contributed by atoms with van der Waals surface area (Å²) in [7, 11) is 1.63. The number of aromatic nitrogens is 3. The zero-order valence-electron chi connectivity index (χ0n) is 16.3. The zero-order chi connectivity index (χ0) is 20.5. The van der Waals surface area contributed by atoms with Gasteiger partial charge in [0, 0.05) is 29.3 Å². The van der Waals surface area contributed by atoms with Crippen LogP contribution in [0.25, 0.3) is 27.2 Å². The Hall–Kier alpha value is -3.64. The number of hydrogen-bond donors (Lipinski definition) is 1. The molecule has 0 aliphatic carbocycles. The molecule has 5 rings (SSSR count). The van der Waals surface area contributed by atoms with Crippen LogP contribution in [-0.4, -0.2) is 21.7 Å². The zero-order valence-corrected chi connectivity index (χ0v) is 17.1. The Kier molecular flexibility index (Phi) is 4.69. The molecule has 148 valence electrons. The molecular formula is C24H19N3O2S. The maximum absolute atomic E-state index is 13.1. The predicted molar refractivity (Wildman–Crippen MR) is 120 cm³/mol. The van der Waals surface area contributed by atoms with E-state index >= 15 is 0 Å². The van der Waals surface area contributed by atoms with Crippen molar-refractivity contribution in [2.45, 2.75) is 6.42 Å². The first kappa shape index (κ1) is 18.4. The minimum atomic E-state index is -0.100. The Morgan fingerprint density at radius 2 is 1.83 bits per heavy atom. The number of rotatable bonds is 5. The van der Waals surface area contributed by atoms with Gasteiger partial charge in [-0.25, -0.2) is 9.50 Å².